The fourth-order valence-electron chi connectivity index (χ4n) is 4.59. The zero-order valence-electron chi connectivity index (χ0n) is 22.7. The molecule has 1 aliphatic heterocycles. The minimum absolute atomic E-state index is 0.0212. The molecule has 2 aromatic heterocycles. The summed E-state index contributed by atoms with van der Waals surface area (Å²) in [5.41, 5.74) is 0.954. The van der Waals surface area contributed by atoms with Crippen molar-refractivity contribution in [3.05, 3.63) is 100.0 Å². The van der Waals surface area contributed by atoms with Crippen molar-refractivity contribution in [3.63, 3.8) is 0 Å². The lowest BCUT2D eigenvalue weighted by molar-refractivity contribution is -0.117. The second-order valence-corrected chi connectivity index (χ2v) is 10.0. The van der Waals surface area contributed by atoms with Crippen LogP contribution in [-0.4, -0.2) is 54.5 Å². The molecule has 0 spiro atoms. The van der Waals surface area contributed by atoms with Gasteiger partial charge in [-0.3, -0.25) is 14.5 Å². The summed E-state index contributed by atoms with van der Waals surface area (Å²) >= 11 is 0.871. The summed E-state index contributed by atoms with van der Waals surface area (Å²) in [7, 11) is 2.71. The van der Waals surface area contributed by atoms with Gasteiger partial charge in [0, 0.05) is 5.39 Å². The average Bonchev–Trinajstić information content (AvgIpc) is 3.68. The van der Waals surface area contributed by atoms with E-state index in [9.17, 15) is 24.3 Å². The van der Waals surface area contributed by atoms with Crippen LogP contribution in [0.3, 0.4) is 0 Å². The molecule has 0 saturated carbocycles. The molecule has 1 unspecified atom stereocenters. The number of nitrogens with zero attached hydrogens (tertiary/aromatic N) is 2. The summed E-state index contributed by atoms with van der Waals surface area (Å²) in [5.74, 6) is -3.44. The number of aliphatic hydroxyl groups is 1. The molecule has 214 valence electrons. The van der Waals surface area contributed by atoms with Crippen LogP contribution in [-0.2, 0) is 14.3 Å². The molecule has 0 saturated heterocycles. The van der Waals surface area contributed by atoms with Crippen molar-refractivity contribution in [2.45, 2.75) is 13.0 Å². The van der Waals surface area contributed by atoms with Crippen molar-refractivity contribution in [3.8, 4) is 5.75 Å². The number of methoxy groups -OCH3 is 2. The number of hydrogen-bond donors (Lipinski definition) is 1. The number of thiazole rings is 1. The number of fused-ring (bicyclic) bond motifs is 1. The highest BCUT2D eigenvalue weighted by atomic mass is 32.1. The van der Waals surface area contributed by atoms with Gasteiger partial charge in [0.25, 0.3) is 5.91 Å². The molecule has 4 aromatic rings. The summed E-state index contributed by atoms with van der Waals surface area (Å²) < 4.78 is 21.1. The summed E-state index contributed by atoms with van der Waals surface area (Å²) in [6.45, 7) is 5.08. The minimum Gasteiger partial charge on any atom is -0.503 e. The molecule has 2 aromatic carbocycles. The maximum atomic E-state index is 13.9. The fourth-order valence-corrected chi connectivity index (χ4v) is 5.57. The largest absolute Gasteiger partial charge is 0.503 e. The van der Waals surface area contributed by atoms with Gasteiger partial charge in [-0.2, -0.15) is 0 Å². The SMILES string of the molecule is C=CCOC(=O)c1sc(N2C(=O)C(O)=C(C(=O)c3cc4cccc(OC)c4o3)C2c2ccc(C(=O)OC)cc2)nc1C. The highest BCUT2D eigenvalue weighted by molar-refractivity contribution is 7.17. The van der Waals surface area contributed by atoms with Crippen molar-refractivity contribution in [1.82, 2.24) is 4.98 Å². The van der Waals surface area contributed by atoms with Gasteiger partial charge in [-0.15, -0.1) is 0 Å². The maximum Gasteiger partial charge on any atom is 0.350 e. The van der Waals surface area contributed by atoms with E-state index in [1.165, 1.54) is 50.6 Å². The van der Waals surface area contributed by atoms with E-state index in [0.29, 0.717) is 28.0 Å². The molecular weight excluding hydrogens is 564 g/mol. The van der Waals surface area contributed by atoms with Gasteiger partial charge in [-0.25, -0.2) is 14.6 Å². The van der Waals surface area contributed by atoms with E-state index >= 15 is 0 Å². The lowest BCUT2D eigenvalue weighted by Crippen LogP contribution is -2.31. The van der Waals surface area contributed by atoms with Crippen LogP contribution in [0.1, 0.15) is 47.9 Å². The highest BCUT2D eigenvalue weighted by Crippen LogP contribution is 2.44. The van der Waals surface area contributed by atoms with Crippen LogP contribution in [0, 0.1) is 6.92 Å². The van der Waals surface area contributed by atoms with Gasteiger partial charge in [0.2, 0.25) is 5.78 Å². The molecule has 0 aliphatic carbocycles. The number of aromatic nitrogens is 1. The Hall–Kier alpha value is -5.23. The number of ether oxygens (including phenoxy) is 3. The summed E-state index contributed by atoms with van der Waals surface area (Å²) in [6.07, 6.45) is 1.42. The van der Waals surface area contributed by atoms with Crippen LogP contribution < -0.4 is 9.64 Å². The van der Waals surface area contributed by atoms with Crippen LogP contribution >= 0.6 is 11.3 Å². The Morgan fingerprint density at radius 2 is 1.88 bits per heavy atom. The Balaban J connectivity index is 1.63. The van der Waals surface area contributed by atoms with E-state index in [-0.39, 0.29) is 33.5 Å². The summed E-state index contributed by atoms with van der Waals surface area (Å²) in [5, 5.41) is 11.7. The number of ketones is 1. The molecule has 12 heteroatoms. The van der Waals surface area contributed by atoms with E-state index in [1.54, 1.807) is 25.1 Å². The number of para-hydroxylation sites is 1. The fraction of sp³-hybridized carbons (Fsp3) is 0.167. The second-order valence-electron chi connectivity index (χ2n) is 9.07. The monoisotopic (exact) mass is 588 g/mol. The van der Waals surface area contributed by atoms with Crippen LogP contribution in [0.25, 0.3) is 11.0 Å². The Morgan fingerprint density at radius 3 is 2.55 bits per heavy atom. The quantitative estimate of drug-likeness (QED) is 0.159. The standard InChI is InChI=1S/C30H24N2O9S/c1-5-13-40-29(37)26-15(2)31-30(42-26)32-22(16-9-11-17(12-10-16)28(36)39-4)21(24(34)27(32)35)23(33)20-14-18-7-6-8-19(38-3)25(18)41-20/h5-12,14,22,34H,1,13H2,2-4H3. The molecule has 5 rings (SSSR count). The Labute approximate surface area is 243 Å². The number of aliphatic hydroxyl groups excluding tert-OH is 1. The molecule has 0 radical (unpaired) electrons. The number of anilines is 1. The molecule has 42 heavy (non-hydrogen) atoms. The second kappa shape index (κ2) is 11.3. The Morgan fingerprint density at radius 1 is 1.14 bits per heavy atom. The molecule has 0 fully saturated rings. The van der Waals surface area contributed by atoms with E-state index in [0.717, 1.165) is 16.2 Å². The molecule has 1 N–H and O–H groups in total. The number of carbonyl (C=O) groups is 4. The van der Waals surface area contributed by atoms with E-state index in [2.05, 4.69) is 11.6 Å². The zero-order valence-corrected chi connectivity index (χ0v) is 23.5. The third kappa shape index (κ3) is 4.81. The molecular formula is C30H24N2O9S. The minimum atomic E-state index is -1.19. The molecule has 1 atom stereocenters. The summed E-state index contributed by atoms with van der Waals surface area (Å²) in [6, 6.07) is 11.4. The number of furan rings is 1. The van der Waals surface area contributed by atoms with Gasteiger partial charge in [-0.1, -0.05) is 48.3 Å². The molecule has 0 bridgehead atoms. The number of hydrogen-bond acceptors (Lipinski definition) is 11. The number of rotatable bonds is 9. The lowest BCUT2D eigenvalue weighted by Gasteiger charge is -2.24. The maximum absolute atomic E-state index is 13.9. The van der Waals surface area contributed by atoms with Gasteiger partial charge >= 0.3 is 11.9 Å². The molecule has 3 heterocycles. The summed E-state index contributed by atoms with van der Waals surface area (Å²) in [4.78, 5) is 57.8. The highest BCUT2D eigenvalue weighted by Gasteiger charge is 2.47. The number of esters is 2. The van der Waals surface area contributed by atoms with Gasteiger partial charge in [0.05, 0.1) is 37.1 Å². The number of Topliss-reactive ketones (excluding diaryl/α,β-unsaturated/α-hetero) is 1. The van der Waals surface area contributed by atoms with E-state index in [1.807, 2.05) is 0 Å². The third-order valence-corrected chi connectivity index (χ3v) is 7.70. The van der Waals surface area contributed by atoms with Crippen LogP contribution in [0.15, 0.2) is 76.9 Å². The van der Waals surface area contributed by atoms with Crippen molar-refractivity contribution in [1.29, 1.82) is 0 Å². The number of carbonyl (C=O) groups excluding carboxylic acids is 4. The van der Waals surface area contributed by atoms with Gasteiger partial charge < -0.3 is 23.7 Å². The smallest absolute Gasteiger partial charge is 0.350 e. The number of amides is 1. The topological polar surface area (TPSA) is 145 Å². The van der Waals surface area contributed by atoms with Gasteiger partial charge in [-0.05, 0) is 36.8 Å². The van der Waals surface area contributed by atoms with Crippen molar-refractivity contribution in [2.75, 3.05) is 25.7 Å². The van der Waals surface area contributed by atoms with Crippen molar-refractivity contribution in [2.24, 2.45) is 0 Å². The van der Waals surface area contributed by atoms with Gasteiger partial charge in [0.1, 0.15) is 11.5 Å². The number of aryl methyl sites for hydroxylation is 1. The molecule has 1 aliphatic rings. The normalized spacial score (nSPS) is 14.8. The van der Waals surface area contributed by atoms with Crippen LogP contribution in [0.5, 0.6) is 5.75 Å². The average molecular weight is 589 g/mol. The van der Waals surface area contributed by atoms with Crippen molar-refractivity contribution < 1.29 is 42.9 Å². The first-order valence-electron chi connectivity index (χ1n) is 12.5. The predicted molar refractivity (Wildman–Crippen MR) is 152 cm³/mol. The van der Waals surface area contributed by atoms with E-state index in [4.69, 9.17) is 18.6 Å². The van der Waals surface area contributed by atoms with Gasteiger partial charge in [0.15, 0.2) is 28.0 Å². The van der Waals surface area contributed by atoms with Crippen LogP contribution in [0.2, 0.25) is 0 Å². The lowest BCUT2D eigenvalue weighted by atomic mass is 9.94. The van der Waals surface area contributed by atoms with E-state index < -0.39 is 35.4 Å². The zero-order chi connectivity index (χ0) is 30.1. The van der Waals surface area contributed by atoms with Crippen LogP contribution in [0.4, 0.5) is 5.13 Å². The Kier molecular flexibility index (Phi) is 7.64. The van der Waals surface area contributed by atoms with Crippen molar-refractivity contribution >= 4 is 51.1 Å². The predicted octanol–water partition coefficient (Wildman–Crippen LogP) is 5.12. The first-order chi connectivity index (χ1) is 20.2. The molecule has 11 nitrogen and oxygen atoms in total. The first kappa shape index (κ1) is 28.3. The Bertz CT molecular complexity index is 1780. The third-order valence-electron chi connectivity index (χ3n) is 6.56. The molecule has 1 amide bonds. The number of benzene rings is 2. The first-order valence-corrected chi connectivity index (χ1v) is 13.3.